The van der Waals surface area contributed by atoms with Gasteiger partial charge in [0.2, 0.25) is 0 Å². The van der Waals surface area contributed by atoms with Crippen LogP contribution in [0.2, 0.25) is 0 Å². The number of hydrogen-bond acceptors (Lipinski definition) is 3. The second-order valence-electron chi connectivity index (χ2n) is 5.48. The highest BCUT2D eigenvalue weighted by Gasteiger charge is 2.37. The lowest BCUT2D eigenvalue weighted by atomic mass is 9.73. The number of methoxy groups -OCH3 is 1. The van der Waals surface area contributed by atoms with Gasteiger partial charge in [0.15, 0.2) is 0 Å². The van der Waals surface area contributed by atoms with Gasteiger partial charge in [0, 0.05) is 12.6 Å². The largest absolute Gasteiger partial charge is 0.497 e. The van der Waals surface area contributed by atoms with Crippen LogP contribution in [0.1, 0.15) is 32.6 Å². The summed E-state index contributed by atoms with van der Waals surface area (Å²) in [5.41, 5.74) is 6.26. The Morgan fingerprint density at radius 1 is 1.47 bits per heavy atom. The Balaban J connectivity index is 2.26. The Morgan fingerprint density at radius 3 is 2.89 bits per heavy atom. The van der Waals surface area contributed by atoms with Crippen molar-refractivity contribution in [3.63, 3.8) is 0 Å². The lowest BCUT2D eigenvalue weighted by Crippen LogP contribution is -2.52. The van der Waals surface area contributed by atoms with Gasteiger partial charge in [-0.05, 0) is 30.9 Å². The van der Waals surface area contributed by atoms with Gasteiger partial charge in [-0.3, -0.25) is 0 Å². The van der Waals surface area contributed by atoms with Crippen LogP contribution >= 0.6 is 0 Å². The van der Waals surface area contributed by atoms with Gasteiger partial charge in [0.25, 0.3) is 0 Å². The molecule has 0 radical (unpaired) electrons. The van der Waals surface area contributed by atoms with E-state index in [1.807, 2.05) is 0 Å². The van der Waals surface area contributed by atoms with Gasteiger partial charge in [-0.1, -0.05) is 19.8 Å². The topological polar surface area (TPSA) is 47.3 Å². The Labute approximate surface area is 114 Å². The summed E-state index contributed by atoms with van der Waals surface area (Å²) in [6, 6.07) is 4.76. The van der Waals surface area contributed by atoms with E-state index in [-0.39, 0.29) is 11.4 Å². The first kappa shape index (κ1) is 14.1. The van der Waals surface area contributed by atoms with Crippen LogP contribution in [0.15, 0.2) is 18.2 Å². The number of halogens is 1. The van der Waals surface area contributed by atoms with Crippen LogP contribution in [0.4, 0.5) is 10.1 Å². The van der Waals surface area contributed by atoms with Crippen LogP contribution in [0.3, 0.4) is 0 Å². The predicted octanol–water partition coefficient (Wildman–Crippen LogP) is 3.15. The van der Waals surface area contributed by atoms with E-state index >= 15 is 0 Å². The molecular formula is C15H23FN2O. The molecule has 4 heteroatoms. The zero-order valence-electron chi connectivity index (χ0n) is 11.7. The minimum Gasteiger partial charge on any atom is -0.497 e. The van der Waals surface area contributed by atoms with E-state index < -0.39 is 0 Å². The maximum atomic E-state index is 13.9. The van der Waals surface area contributed by atoms with Crippen LogP contribution < -0.4 is 15.8 Å². The third kappa shape index (κ3) is 2.84. The van der Waals surface area contributed by atoms with Crippen molar-refractivity contribution < 1.29 is 9.13 Å². The van der Waals surface area contributed by atoms with Gasteiger partial charge in [0.1, 0.15) is 11.6 Å². The number of rotatable bonds is 4. The summed E-state index contributed by atoms with van der Waals surface area (Å²) in [6.07, 6.45) is 4.49. The molecule has 0 heterocycles. The maximum Gasteiger partial charge on any atom is 0.146 e. The number of benzene rings is 1. The fourth-order valence-corrected chi connectivity index (χ4v) is 2.95. The molecule has 0 bridgehead atoms. The Bertz CT molecular complexity index is 438. The number of anilines is 1. The Morgan fingerprint density at radius 2 is 2.26 bits per heavy atom. The molecule has 2 atom stereocenters. The summed E-state index contributed by atoms with van der Waals surface area (Å²) >= 11 is 0. The molecule has 1 fully saturated rings. The van der Waals surface area contributed by atoms with E-state index in [1.165, 1.54) is 12.5 Å². The summed E-state index contributed by atoms with van der Waals surface area (Å²) < 4.78 is 19.1. The molecule has 1 aromatic carbocycles. The van der Waals surface area contributed by atoms with E-state index in [0.29, 0.717) is 23.9 Å². The van der Waals surface area contributed by atoms with Crippen LogP contribution in [-0.2, 0) is 0 Å². The number of nitrogens with one attached hydrogen (secondary N) is 1. The Kier molecular flexibility index (Phi) is 4.30. The normalized spacial score (nSPS) is 27.1. The number of nitrogens with two attached hydrogens (primary N) is 1. The van der Waals surface area contributed by atoms with Gasteiger partial charge < -0.3 is 15.8 Å². The quantitative estimate of drug-likeness (QED) is 0.880. The van der Waals surface area contributed by atoms with E-state index in [2.05, 4.69) is 12.2 Å². The molecule has 1 aliphatic rings. The summed E-state index contributed by atoms with van der Waals surface area (Å²) in [5, 5.41) is 3.36. The molecule has 19 heavy (non-hydrogen) atoms. The van der Waals surface area contributed by atoms with Gasteiger partial charge in [0.05, 0.1) is 18.3 Å². The molecule has 0 amide bonds. The molecule has 1 aliphatic carbocycles. The third-order valence-electron chi connectivity index (χ3n) is 4.37. The molecule has 0 aromatic heterocycles. The van der Waals surface area contributed by atoms with Crippen molar-refractivity contribution in [2.45, 2.75) is 38.1 Å². The highest BCUT2D eigenvalue weighted by molar-refractivity contribution is 5.52. The van der Waals surface area contributed by atoms with Crippen molar-refractivity contribution in [2.75, 3.05) is 19.0 Å². The average Bonchev–Trinajstić information content (AvgIpc) is 2.44. The predicted molar refractivity (Wildman–Crippen MR) is 76.0 cm³/mol. The first-order chi connectivity index (χ1) is 9.11. The molecule has 3 nitrogen and oxygen atoms in total. The van der Waals surface area contributed by atoms with E-state index in [0.717, 1.165) is 19.3 Å². The molecule has 1 aromatic rings. The van der Waals surface area contributed by atoms with Crippen molar-refractivity contribution in [3.05, 3.63) is 24.0 Å². The maximum absolute atomic E-state index is 13.9. The van der Waals surface area contributed by atoms with E-state index in [9.17, 15) is 4.39 Å². The van der Waals surface area contributed by atoms with Crippen molar-refractivity contribution in [1.29, 1.82) is 0 Å². The third-order valence-corrected chi connectivity index (χ3v) is 4.37. The summed E-state index contributed by atoms with van der Waals surface area (Å²) in [6.45, 7) is 2.71. The summed E-state index contributed by atoms with van der Waals surface area (Å²) in [7, 11) is 1.58. The highest BCUT2D eigenvalue weighted by Crippen LogP contribution is 2.37. The van der Waals surface area contributed by atoms with Gasteiger partial charge >= 0.3 is 0 Å². The minimum atomic E-state index is -0.258. The summed E-state index contributed by atoms with van der Waals surface area (Å²) in [5.74, 6) is 0.836. The highest BCUT2D eigenvalue weighted by atomic mass is 19.1. The van der Waals surface area contributed by atoms with Crippen LogP contribution in [0.5, 0.6) is 5.75 Å². The molecule has 2 unspecified atom stereocenters. The van der Waals surface area contributed by atoms with Gasteiger partial charge in [-0.15, -0.1) is 0 Å². The fraction of sp³-hybridized carbons (Fsp3) is 0.600. The van der Waals surface area contributed by atoms with Crippen LogP contribution in [0, 0.1) is 11.7 Å². The lowest BCUT2D eigenvalue weighted by molar-refractivity contribution is 0.235. The van der Waals surface area contributed by atoms with Crippen LogP contribution in [-0.4, -0.2) is 19.2 Å². The second-order valence-corrected chi connectivity index (χ2v) is 5.48. The van der Waals surface area contributed by atoms with Gasteiger partial charge in [-0.25, -0.2) is 4.39 Å². The lowest BCUT2D eigenvalue weighted by Gasteiger charge is -2.43. The van der Waals surface area contributed by atoms with Crippen molar-refractivity contribution in [2.24, 2.45) is 11.7 Å². The molecular weight excluding hydrogens is 243 g/mol. The smallest absolute Gasteiger partial charge is 0.146 e. The average molecular weight is 266 g/mol. The van der Waals surface area contributed by atoms with Gasteiger partial charge in [-0.2, -0.15) is 0 Å². The number of hydrogen-bond donors (Lipinski definition) is 2. The molecule has 1 saturated carbocycles. The summed E-state index contributed by atoms with van der Waals surface area (Å²) in [4.78, 5) is 0. The molecule has 0 aliphatic heterocycles. The van der Waals surface area contributed by atoms with E-state index in [1.54, 1.807) is 19.2 Å². The zero-order chi connectivity index (χ0) is 13.9. The SMILES string of the molecule is COc1ccc(F)c(NC2(CN)CCCCC2C)c1. The molecule has 0 spiro atoms. The molecule has 2 rings (SSSR count). The second kappa shape index (κ2) is 5.78. The van der Waals surface area contributed by atoms with E-state index in [4.69, 9.17) is 10.5 Å². The van der Waals surface area contributed by atoms with Crippen molar-refractivity contribution in [3.8, 4) is 5.75 Å². The van der Waals surface area contributed by atoms with Crippen molar-refractivity contribution in [1.82, 2.24) is 0 Å². The molecule has 3 N–H and O–H groups in total. The number of ether oxygens (including phenoxy) is 1. The zero-order valence-corrected chi connectivity index (χ0v) is 11.7. The molecule has 0 saturated heterocycles. The van der Waals surface area contributed by atoms with Crippen molar-refractivity contribution >= 4 is 5.69 Å². The minimum absolute atomic E-state index is 0.203. The first-order valence-corrected chi connectivity index (χ1v) is 6.93. The fourth-order valence-electron chi connectivity index (χ4n) is 2.95. The van der Waals surface area contributed by atoms with Crippen LogP contribution in [0.25, 0.3) is 0 Å². The first-order valence-electron chi connectivity index (χ1n) is 6.93. The Hall–Kier alpha value is -1.29. The molecule has 106 valence electrons. The monoisotopic (exact) mass is 266 g/mol. The standard InChI is InChI=1S/C15H23FN2O/c1-11-5-3-4-8-15(11,10-17)18-14-9-12(19-2)6-7-13(14)16/h6-7,9,11,18H,3-5,8,10,17H2,1-2H3.